The van der Waals surface area contributed by atoms with Crippen LogP contribution < -0.4 is 19.1 Å². The first kappa shape index (κ1) is 21.0. The maximum Gasteiger partial charge on any atom is 0.243 e. The lowest BCUT2D eigenvalue weighted by atomic mass is 10.1. The molecule has 0 aliphatic carbocycles. The number of nitrogens with zero attached hydrogens (tertiary/aromatic N) is 1. The number of aryl methyl sites for hydroxylation is 2. The molecule has 2 aromatic carbocycles. The zero-order chi connectivity index (χ0) is 21.2. The van der Waals surface area contributed by atoms with Crippen LogP contribution in [0.5, 0.6) is 11.5 Å². The number of amides is 1. The highest BCUT2D eigenvalue weighted by Gasteiger charge is 2.30. The van der Waals surface area contributed by atoms with Crippen LogP contribution in [0.2, 0.25) is 0 Å². The van der Waals surface area contributed by atoms with Gasteiger partial charge in [-0.2, -0.15) is 0 Å². The van der Waals surface area contributed by atoms with Gasteiger partial charge in [-0.05, 0) is 56.2 Å². The van der Waals surface area contributed by atoms with Gasteiger partial charge in [-0.25, -0.2) is 8.42 Å². The number of ether oxygens (including phenoxy) is 2. The minimum atomic E-state index is -3.66. The van der Waals surface area contributed by atoms with E-state index in [0.29, 0.717) is 23.8 Å². The third-order valence-electron chi connectivity index (χ3n) is 4.62. The van der Waals surface area contributed by atoms with E-state index in [4.69, 9.17) is 9.47 Å². The third-order valence-corrected chi connectivity index (χ3v) is 5.86. The summed E-state index contributed by atoms with van der Waals surface area (Å²) in [6.07, 6.45) is 0.748. The maximum absolute atomic E-state index is 12.7. The number of carbonyl (C=O) groups is 1. The molecule has 0 saturated carbocycles. The first-order chi connectivity index (χ1) is 13.6. The smallest absolute Gasteiger partial charge is 0.243 e. The first-order valence-corrected chi connectivity index (χ1v) is 11.2. The largest absolute Gasteiger partial charge is 0.486 e. The number of fused-ring (bicyclic) bond motifs is 1. The second-order valence-corrected chi connectivity index (χ2v) is 9.18. The second kappa shape index (κ2) is 8.32. The summed E-state index contributed by atoms with van der Waals surface area (Å²) in [4.78, 5) is 12.7. The Labute approximate surface area is 171 Å². The van der Waals surface area contributed by atoms with Gasteiger partial charge in [-0.1, -0.05) is 18.2 Å². The Morgan fingerprint density at radius 1 is 1.17 bits per heavy atom. The molecule has 0 fully saturated rings. The molecular weight excluding hydrogens is 392 g/mol. The van der Waals surface area contributed by atoms with Gasteiger partial charge in [0, 0.05) is 0 Å². The van der Waals surface area contributed by atoms with Gasteiger partial charge in [0.05, 0.1) is 18.5 Å². The number of hydrogen-bond donors (Lipinski definition) is 1. The van der Waals surface area contributed by atoms with Crippen LogP contribution in [0.15, 0.2) is 42.5 Å². The third kappa shape index (κ3) is 5.00. The topological polar surface area (TPSA) is 84.9 Å². The predicted octanol–water partition coefficient (Wildman–Crippen LogP) is 2.41. The average molecular weight is 419 g/mol. The van der Waals surface area contributed by atoms with Crippen LogP contribution in [0.1, 0.15) is 18.1 Å². The maximum atomic E-state index is 12.7. The molecular formula is C21H26N2O5S. The molecule has 29 heavy (non-hydrogen) atoms. The minimum Gasteiger partial charge on any atom is -0.486 e. The summed E-state index contributed by atoms with van der Waals surface area (Å²) in [5.74, 6) is 0.887. The van der Waals surface area contributed by atoms with E-state index in [2.05, 4.69) is 5.32 Å². The highest BCUT2D eigenvalue weighted by Crippen LogP contribution is 2.30. The van der Waals surface area contributed by atoms with Crippen LogP contribution in [-0.2, 0) is 14.8 Å². The Hall–Kier alpha value is -2.74. The van der Waals surface area contributed by atoms with E-state index in [1.165, 1.54) is 0 Å². The molecule has 8 heteroatoms. The van der Waals surface area contributed by atoms with Crippen LogP contribution in [0.4, 0.5) is 5.69 Å². The molecule has 0 aromatic heterocycles. The van der Waals surface area contributed by atoms with E-state index in [1.807, 2.05) is 38.1 Å². The zero-order valence-electron chi connectivity index (χ0n) is 17.0. The van der Waals surface area contributed by atoms with Crippen LogP contribution in [0.3, 0.4) is 0 Å². The van der Waals surface area contributed by atoms with Crippen LogP contribution in [0, 0.1) is 13.8 Å². The number of benzene rings is 2. The molecule has 0 radical (unpaired) electrons. The Morgan fingerprint density at radius 3 is 2.41 bits per heavy atom. The van der Waals surface area contributed by atoms with E-state index in [-0.39, 0.29) is 12.6 Å². The second-order valence-electron chi connectivity index (χ2n) is 7.32. The number of carbonyl (C=O) groups excluding carboxylic acids is 1. The number of anilines is 1. The molecule has 156 valence electrons. The summed E-state index contributed by atoms with van der Waals surface area (Å²) < 4.78 is 37.5. The highest BCUT2D eigenvalue weighted by molar-refractivity contribution is 7.92. The van der Waals surface area contributed by atoms with Crippen LogP contribution >= 0.6 is 0 Å². The molecule has 7 nitrogen and oxygen atoms in total. The molecule has 1 aliphatic heterocycles. The summed E-state index contributed by atoms with van der Waals surface area (Å²) >= 11 is 0. The molecule has 0 unspecified atom stereocenters. The minimum absolute atomic E-state index is 0.210. The molecule has 1 amide bonds. The van der Waals surface area contributed by atoms with Gasteiger partial charge in [-0.3, -0.25) is 9.10 Å². The summed E-state index contributed by atoms with van der Waals surface area (Å²) in [7, 11) is -3.66. The molecule has 1 aliphatic rings. The van der Waals surface area contributed by atoms with E-state index < -0.39 is 22.0 Å². The molecule has 0 bridgehead atoms. The fourth-order valence-corrected chi connectivity index (χ4v) is 4.57. The number of rotatable bonds is 6. The van der Waals surface area contributed by atoms with Crippen molar-refractivity contribution >= 4 is 21.6 Å². The monoisotopic (exact) mass is 418 g/mol. The number of hydrogen-bond acceptors (Lipinski definition) is 5. The zero-order valence-corrected chi connectivity index (χ0v) is 17.8. The molecule has 1 N–H and O–H groups in total. The van der Waals surface area contributed by atoms with Gasteiger partial charge in [0.2, 0.25) is 15.9 Å². The molecule has 0 spiro atoms. The molecule has 3 rings (SSSR count). The van der Waals surface area contributed by atoms with Gasteiger partial charge < -0.3 is 14.8 Å². The summed E-state index contributed by atoms with van der Waals surface area (Å²) in [5.41, 5.74) is 2.32. The lowest BCUT2D eigenvalue weighted by Crippen LogP contribution is -2.50. The van der Waals surface area contributed by atoms with Gasteiger partial charge >= 0.3 is 0 Å². The SMILES string of the molecule is Cc1cc(C)cc(N([C@H](C)C(=O)NC[C@@H]2COc3ccccc3O2)S(C)(=O)=O)c1. The Kier molecular flexibility index (Phi) is 6.02. The summed E-state index contributed by atoms with van der Waals surface area (Å²) in [6, 6.07) is 11.9. The first-order valence-electron chi connectivity index (χ1n) is 9.39. The Balaban J connectivity index is 1.70. The van der Waals surface area contributed by atoms with Crippen molar-refractivity contribution in [3.05, 3.63) is 53.6 Å². The van der Waals surface area contributed by atoms with Crippen molar-refractivity contribution in [3.8, 4) is 11.5 Å². The predicted molar refractivity (Wildman–Crippen MR) is 112 cm³/mol. The lowest BCUT2D eigenvalue weighted by molar-refractivity contribution is -0.122. The van der Waals surface area contributed by atoms with Gasteiger partial charge in [0.25, 0.3) is 0 Å². The number of para-hydroxylation sites is 2. The van der Waals surface area contributed by atoms with Gasteiger partial charge in [-0.15, -0.1) is 0 Å². The quantitative estimate of drug-likeness (QED) is 0.779. The molecule has 1 heterocycles. The Morgan fingerprint density at radius 2 is 1.79 bits per heavy atom. The highest BCUT2D eigenvalue weighted by atomic mass is 32.2. The molecule has 2 aromatic rings. The van der Waals surface area contributed by atoms with Crippen molar-refractivity contribution in [1.82, 2.24) is 5.32 Å². The van der Waals surface area contributed by atoms with Crippen molar-refractivity contribution in [1.29, 1.82) is 0 Å². The van der Waals surface area contributed by atoms with Crippen LogP contribution in [-0.4, -0.2) is 45.9 Å². The summed E-state index contributed by atoms with van der Waals surface area (Å²) in [5, 5.41) is 2.78. The fraction of sp³-hybridized carbons (Fsp3) is 0.381. The standard InChI is InChI=1S/C21H26N2O5S/c1-14-9-15(2)11-17(10-14)23(29(4,25)26)16(3)21(24)22-12-18-13-27-19-7-5-6-8-20(19)28-18/h5-11,16,18H,12-13H2,1-4H3,(H,22,24)/t16-,18-/m1/s1. The van der Waals surface area contributed by atoms with Crippen LogP contribution in [0.25, 0.3) is 0 Å². The number of sulfonamides is 1. The van der Waals surface area contributed by atoms with E-state index in [1.54, 1.807) is 25.1 Å². The van der Waals surface area contributed by atoms with Crippen molar-refractivity contribution in [2.24, 2.45) is 0 Å². The van der Waals surface area contributed by atoms with Crippen molar-refractivity contribution in [3.63, 3.8) is 0 Å². The summed E-state index contributed by atoms with van der Waals surface area (Å²) in [6.45, 7) is 5.86. The Bertz CT molecular complexity index is 986. The van der Waals surface area contributed by atoms with Crippen molar-refractivity contribution in [2.45, 2.75) is 32.9 Å². The van der Waals surface area contributed by atoms with E-state index in [9.17, 15) is 13.2 Å². The fourth-order valence-electron chi connectivity index (χ4n) is 3.41. The molecule has 2 atom stereocenters. The van der Waals surface area contributed by atoms with Crippen molar-refractivity contribution < 1.29 is 22.7 Å². The number of nitrogens with one attached hydrogen (secondary N) is 1. The average Bonchev–Trinajstić information content (AvgIpc) is 2.64. The normalized spacial score (nSPS) is 16.8. The van der Waals surface area contributed by atoms with Gasteiger partial charge in [0.15, 0.2) is 11.5 Å². The van der Waals surface area contributed by atoms with Crippen molar-refractivity contribution in [2.75, 3.05) is 23.7 Å². The van der Waals surface area contributed by atoms with E-state index >= 15 is 0 Å². The van der Waals surface area contributed by atoms with E-state index in [0.717, 1.165) is 21.7 Å². The molecule has 0 saturated heterocycles. The van der Waals surface area contributed by atoms with Gasteiger partial charge in [0.1, 0.15) is 18.8 Å². The lowest BCUT2D eigenvalue weighted by Gasteiger charge is -2.30.